The lowest BCUT2D eigenvalue weighted by Crippen LogP contribution is -2.55. The highest BCUT2D eigenvalue weighted by Crippen LogP contribution is 2.43. The van der Waals surface area contributed by atoms with Gasteiger partial charge in [-0.3, -0.25) is 10.1 Å². The number of likely N-dealkylation sites (N-methyl/N-ethyl adjacent to an activating group) is 1. The molecule has 2 unspecified atom stereocenters. The molecule has 3 nitrogen and oxygen atoms in total. The number of thiophene rings is 1. The molecule has 1 aliphatic carbocycles. The van der Waals surface area contributed by atoms with E-state index in [0.29, 0.717) is 0 Å². The highest BCUT2D eigenvalue weighted by atomic mass is 32.1. The van der Waals surface area contributed by atoms with Gasteiger partial charge in [0.05, 0.1) is 18.1 Å². The maximum Gasteiger partial charge on any atom is 0.233 e. The van der Waals surface area contributed by atoms with Crippen LogP contribution in [0.5, 0.6) is 0 Å². The number of hydrogen-bond acceptors (Lipinski definition) is 3. The van der Waals surface area contributed by atoms with Gasteiger partial charge in [-0.1, -0.05) is 42.3 Å². The maximum atomic E-state index is 13.4. The van der Waals surface area contributed by atoms with E-state index >= 15 is 0 Å². The van der Waals surface area contributed by atoms with Crippen LogP contribution < -0.4 is 5.32 Å². The Labute approximate surface area is 194 Å². The van der Waals surface area contributed by atoms with Crippen LogP contribution in [0.4, 0.5) is 0 Å². The van der Waals surface area contributed by atoms with Crippen LogP contribution in [-0.2, 0) is 4.79 Å². The Hall–Kier alpha value is -2.87. The van der Waals surface area contributed by atoms with Crippen molar-refractivity contribution in [2.45, 2.75) is 50.7 Å². The molecule has 1 saturated heterocycles. The zero-order valence-corrected chi connectivity index (χ0v) is 19.6. The van der Waals surface area contributed by atoms with Crippen molar-refractivity contribution < 1.29 is 4.79 Å². The average Bonchev–Trinajstić information content (AvgIpc) is 3.54. The second-order valence-corrected chi connectivity index (χ2v) is 9.82. The van der Waals surface area contributed by atoms with Gasteiger partial charge in [-0.05, 0) is 78.4 Å². The van der Waals surface area contributed by atoms with E-state index in [1.807, 2.05) is 24.9 Å². The lowest BCUT2D eigenvalue weighted by atomic mass is 9.86. The second kappa shape index (κ2) is 8.58. The SMILES string of the molecule is CC#Cc1cccc(-c2csc([C@H]3NC(C)N(C)C(=O)C3c3ccc(C4CC4)cc3)c2)c1. The van der Waals surface area contributed by atoms with Gasteiger partial charge in [0.25, 0.3) is 0 Å². The van der Waals surface area contributed by atoms with Crippen LogP contribution in [0.1, 0.15) is 66.1 Å². The molecular weight excluding hydrogens is 412 g/mol. The molecule has 162 valence electrons. The van der Waals surface area contributed by atoms with Crippen LogP contribution in [0.25, 0.3) is 11.1 Å². The summed E-state index contributed by atoms with van der Waals surface area (Å²) in [5.41, 5.74) is 5.84. The smallest absolute Gasteiger partial charge is 0.233 e. The minimum absolute atomic E-state index is 0.0109. The van der Waals surface area contributed by atoms with Crippen molar-refractivity contribution in [3.05, 3.63) is 81.5 Å². The minimum Gasteiger partial charge on any atom is -0.330 e. The number of carbonyl (C=O) groups is 1. The quantitative estimate of drug-likeness (QED) is 0.513. The zero-order chi connectivity index (χ0) is 22.2. The van der Waals surface area contributed by atoms with Gasteiger partial charge in [-0.25, -0.2) is 0 Å². The lowest BCUT2D eigenvalue weighted by Gasteiger charge is -2.41. The molecule has 0 spiro atoms. The van der Waals surface area contributed by atoms with Gasteiger partial charge >= 0.3 is 0 Å². The summed E-state index contributed by atoms with van der Waals surface area (Å²) in [5.74, 6) is 6.78. The molecule has 1 aromatic heterocycles. The molecule has 2 aliphatic rings. The standard InChI is InChI=1S/C28H28N2OS/c1-4-6-19-7-5-8-23(15-19)24-16-25(32-17-24)27-26(28(31)30(3)18(2)29-27)22-13-11-21(12-14-22)20-9-10-20/h5,7-8,11-18,20,26-27,29H,9-10H2,1-3H3/t18?,26?,27-/m1/s1. The third-order valence-electron chi connectivity index (χ3n) is 6.68. The first-order valence-corrected chi connectivity index (χ1v) is 12.2. The molecule has 3 atom stereocenters. The van der Waals surface area contributed by atoms with Gasteiger partial charge in [0.2, 0.25) is 5.91 Å². The summed E-state index contributed by atoms with van der Waals surface area (Å²) in [4.78, 5) is 16.4. The van der Waals surface area contributed by atoms with Crippen molar-refractivity contribution in [3.63, 3.8) is 0 Å². The summed E-state index contributed by atoms with van der Waals surface area (Å²) >= 11 is 1.72. The minimum atomic E-state index is -0.228. The number of nitrogens with zero attached hydrogens (tertiary/aromatic N) is 1. The molecule has 3 aromatic rings. The van der Waals surface area contributed by atoms with E-state index < -0.39 is 0 Å². The summed E-state index contributed by atoms with van der Waals surface area (Å²) in [6.45, 7) is 3.91. The maximum absolute atomic E-state index is 13.4. The highest BCUT2D eigenvalue weighted by Gasteiger charge is 2.40. The van der Waals surface area contributed by atoms with Crippen molar-refractivity contribution in [1.29, 1.82) is 0 Å². The normalized spacial score (nSPS) is 23.0. The molecule has 4 heteroatoms. The molecule has 2 fully saturated rings. The Bertz CT molecular complexity index is 1200. The Morgan fingerprint density at radius 3 is 2.50 bits per heavy atom. The van der Waals surface area contributed by atoms with E-state index in [-0.39, 0.29) is 24.0 Å². The van der Waals surface area contributed by atoms with E-state index in [1.165, 1.54) is 28.8 Å². The van der Waals surface area contributed by atoms with Gasteiger partial charge in [-0.2, -0.15) is 0 Å². The van der Waals surface area contributed by atoms with E-state index in [0.717, 1.165) is 22.6 Å². The predicted octanol–water partition coefficient (Wildman–Crippen LogP) is 5.90. The first-order valence-electron chi connectivity index (χ1n) is 11.3. The molecule has 2 aromatic carbocycles. The van der Waals surface area contributed by atoms with Crippen LogP contribution in [0.2, 0.25) is 0 Å². The Morgan fingerprint density at radius 1 is 1.03 bits per heavy atom. The predicted molar refractivity (Wildman–Crippen MR) is 132 cm³/mol. The van der Waals surface area contributed by atoms with Crippen LogP contribution in [0.15, 0.2) is 60.0 Å². The number of benzene rings is 2. The monoisotopic (exact) mass is 440 g/mol. The van der Waals surface area contributed by atoms with Crippen molar-refractivity contribution in [2.24, 2.45) is 0 Å². The molecule has 5 rings (SSSR count). The van der Waals surface area contributed by atoms with Crippen molar-refractivity contribution in [2.75, 3.05) is 7.05 Å². The van der Waals surface area contributed by atoms with Crippen molar-refractivity contribution in [1.82, 2.24) is 10.2 Å². The Morgan fingerprint density at radius 2 is 1.78 bits per heavy atom. The van der Waals surface area contributed by atoms with E-state index in [1.54, 1.807) is 11.3 Å². The Balaban J connectivity index is 1.49. The second-order valence-electron chi connectivity index (χ2n) is 8.88. The van der Waals surface area contributed by atoms with E-state index in [4.69, 9.17) is 0 Å². The third kappa shape index (κ3) is 3.99. The summed E-state index contributed by atoms with van der Waals surface area (Å²) < 4.78 is 0. The number of rotatable bonds is 4. The fraction of sp³-hybridized carbons (Fsp3) is 0.321. The molecule has 1 aliphatic heterocycles. The van der Waals surface area contributed by atoms with Crippen LogP contribution in [-0.4, -0.2) is 24.0 Å². The first-order chi connectivity index (χ1) is 15.5. The number of hydrogen-bond donors (Lipinski definition) is 1. The summed E-state index contributed by atoms with van der Waals surface area (Å²) in [6.07, 6.45) is 2.56. The molecule has 1 N–H and O–H groups in total. The summed E-state index contributed by atoms with van der Waals surface area (Å²) in [7, 11) is 1.89. The van der Waals surface area contributed by atoms with Gasteiger partial charge in [0.15, 0.2) is 0 Å². The molecule has 0 bridgehead atoms. The number of nitrogens with one attached hydrogen (secondary N) is 1. The van der Waals surface area contributed by atoms with E-state index in [2.05, 4.69) is 78.0 Å². The van der Waals surface area contributed by atoms with Crippen molar-refractivity contribution >= 4 is 17.2 Å². The lowest BCUT2D eigenvalue weighted by molar-refractivity contribution is -0.138. The summed E-state index contributed by atoms with van der Waals surface area (Å²) in [6, 6.07) is 19.3. The fourth-order valence-electron chi connectivity index (χ4n) is 4.58. The van der Waals surface area contributed by atoms with Crippen LogP contribution >= 0.6 is 11.3 Å². The van der Waals surface area contributed by atoms with Crippen LogP contribution in [0, 0.1) is 11.8 Å². The van der Waals surface area contributed by atoms with Gasteiger partial charge in [0.1, 0.15) is 0 Å². The third-order valence-corrected chi connectivity index (χ3v) is 7.70. The molecule has 32 heavy (non-hydrogen) atoms. The van der Waals surface area contributed by atoms with Gasteiger partial charge in [0, 0.05) is 17.5 Å². The molecule has 1 amide bonds. The molecular formula is C28H28N2OS. The molecule has 0 radical (unpaired) electrons. The molecule has 1 saturated carbocycles. The van der Waals surface area contributed by atoms with E-state index in [9.17, 15) is 4.79 Å². The largest absolute Gasteiger partial charge is 0.330 e. The fourth-order valence-corrected chi connectivity index (χ4v) is 5.60. The highest BCUT2D eigenvalue weighted by molar-refractivity contribution is 7.10. The first kappa shape index (κ1) is 21.0. The zero-order valence-electron chi connectivity index (χ0n) is 18.8. The topological polar surface area (TPSA) is 32.3 Å². The van der Waals surface area contributed by atoms with Crippen LogP contribution in [0.3, 0.4) is 0 Å². The average molecular weight is 441 g/mol. The van der Waals surface area contributed by atoms with Gasteiger partial charge < -0.3 is 4.90 Å². The number of amides is 1. The van der Waals surface area contributed by atoms with Gasteiger partial charge in [-0.15, -0.1) is 17.3 Å². The summed E-state index contributed by atoms with van der Waals surface area (Å²) in [5, 5.41) is 5.89. The molecule has 2 heterocycles. The Kier molecular flexibility index (Phi) is 5.63. The number of carbonyl (C=O) groups excluding carboxylic acids is 1. The van der Waals surface area contributed by atoms with Crippen molar-refractivity contribution in [3.8, 4) is 23.0 Å².